The molecule has 1 saturated carbocycles. The van der Waals surface area contributed by atoms with Gasteiger partial charge in [-0.05, 0) is 65.5 Å². The molecule has 2 aromatic rings. The second-order valence-corrected chi connectivity index (χ2v) is 7.94. The molecule has 0 aliphatic heterocycles. The van der Waals surface area contributed by atoms with Crippen LogP contribution in [0, 0.1) is 5.92 Å². The summed E-state index contributed by atoms with van der Waals surface area (Å²) in [6, 6.07) is 11.2. The summed E-state index contributed by atoms with van der Waals surface area (Å²) in [6.07, 6.45) is -1.49. The highest BCUT2D eigenvalue weighted by molar-refractivity contribution is 5.79. The minimum absolute atomic E-state index is 0.278. The zero-order chi connectivity index (χ0) is 20.5. The molecule has 2 aromatic carbocycles. The van der Waals surface area contributed by atoms with Crippen LogP contribution in [0.2, 0.25) is 0 Å². The number of carbonyl (C=O) groups excluding carboxylic acids is 1. The smallest absolute Gasteiger partial charge is 0.416 e. The highest BCUT2D eigenvalue weighted by Crippen LogP contribution is 2.43. The summed E-state index contributed by atoms with van der Waals surface area (Å²) >= 11 is 0. The van der Waals surface area contributed by atoms with Crippen molar-refractivity contribution in [3.05, 3.63) is 59.2 Å². The van der Waals surface area contributed by atoms with Gasteiger partial charge in [-0.15, -0.1) is 0 Å². The van der Waals surface area contributed by atoms with E-state index in [0.29, 0.717) is 23.8 Å². The van der Waals surface area contributed by atoms with Crippen molar-refractivity contribution in [1.82, 2.24) is 0 Å². The topological polar surface area (TPSA) is 26.3 Å². The van der Waals surface area contributed by atoms with Crippen LogP contribution >= 0.6 is 0 Å². The monoisotopic (exact) mass is 390 g/mol. The first-order chi connectivity index (χ1) is 13.2. The Balaban J connectivity index is 2.03. The molecule has 0 bridgehead atoms. The molecule has 1 aliphatic carbocycles. The van der Waals surface area contributed by atoms with Gasteiger partial charge >= 0.3 is 12.1 Å². The third kappa shape index (κ3) is 4.75. The Morgan fingerprint density at radius 2 is 1.71 bits per heavy atom. The molecule has 1 fully saturated rings. The number of benzene rings is 2. The van der Waals surface area contributed by atoms with Crippen LogP contribution in [0.15, 0.2) is 42.5 Å². The molecule has 0 heterocycles. The summed E-state index contributed by atoms with van der Waals surface area (Å²) in [7, 11) is 1.39. The van der Waals surface area contributed by atoms with Crippen molar-refractivity contribution in [2.45, 2.75) is 51.1 Å². The van der Waals surface area contributed by atoms with Crippen LogP contribution in [0.5, 0.6) is 0 Å². The van der Waals surface area contributed by atoms with E-state index < -0.39 is 11.7 Å². The van der Waals surface area contributed by atoms with E-state index in [1.807, 2.05) is 12.1 Å². The molecule has 5 heteroatoms. The number of carbonyl (C=O) groups is 1. The molecule has 0 radical (unpaired) electrons. The first-order valence-electron chi connectivity index (χ1n) is 9.59. The van der Waals surface area contributed by atoms with Crippen LogP contribution in [0.25, 0.3) is 11.1 Å². The van der Waals surface area contributed by atoms with Crippen molar-refractivity contribution in [3.8, 4) is 11.1 Å². The van der Waals surface area contributed by atoms with Gasteiger partial charge in [-0.1, -0.05) is 44.2 Å². The summed E-state index contributed by atoms with van der Waals surface area (Å²) < 4.78 is 43.6. The normalized spacial score (nSPS) is 15.5. The Bertz CT molecular complexity index is 834. The Kier molecular flexibility index (Phi) is 5.82. The predicted molar refractivity (Wildman–Crippen MR) is 103 cm³/mol. The molecule has 0 spiro atoms. The van der Waals surface area contributed by atoms with E-state index in [9.17, 15) is 18.0 Å². The van der Waals surface area contributed by atoms with Gasteiger partial charge < -0.3 is 4.74 Å². The van der Waals surface area contributed by atoms with Gasteiger partial charge in [0.05, 0.1) is 18.6 Å². The highest BCUT2D eigenvalue weighted by Gasteiger charge is 2.31. The summed E-state index contributed by atoms with van der Waals surface area (Å²) in [4.78, 5) is 12.4. The molecular formula is C23H25F3O2. The van der Waals surface area contributed by atoms with Gasteiger partial charge in [0.2, 0.25) is 0 Å². The van der Waals surface area contributed by atoms with Gasteiger partial charge in [-0.2, -0.15) is 13.2 Å². The van der Waals surface area contributed by atoms with Gasteiger partial charge in [0.15, 0.2) is 0 Å². The summed E-state index contributed by atoms with van der Waals surface area (Å²) in [5, 5.41) is 0. The van der Waals surface area contributed by atoms with Gasteiger partial charge in [0, 0.05) is 0 Å². The fourth-order valence-electron chi connectivity index (χ4n) is 3.53. The fraction of sp³-hybridized carbons (Fsp3) is 0.435. The maximum Gasteiger partial charge on any atom is 0.416 e. The molecule has 0 N–H and O–H groups in total. The van der Waals surface area contributed by atoms with Crippen LogP contribution in [0.4, 0.5) is 13.2 Å². The number of hydrogen-bond donors (Lipinski definition) is 0. The Hall–Kier alpha value is -2.30. The van der Waals surface area contributed by atoms with Gasteiger partial charge in [0.25, 0.3) is 0 Å². The first kappa shape index (κ1) is 20.4. The van der Waals surface area contributed by atoms with E-state index in [1.54, 1.807) is 0 Å². The van der Waals surface area contributed by atoms with E-state index in [0.717, 1.165) is 41.7 Å². The second kappa shape index (κ2) is 7.98. The van der Waals surface area contributed by atoms with Crippen LogP contribution in [0.3, 0.4) is 0 Å². The Morgan fingerprint density at radius 1 is 1.07 bits per heavy atom. The fourth-order valence-corrected chi connectivity index (χ4v) is 3.53. The third-order valence-electron chi connectivity index (χ3n) is 5.17. The predicted octanol–water partition coefficient (Wildman–Crippen LogP) is 6.55. The van der Waals surface area contributed by atoms with Crippen LogP contribution in [-0.2, 0) is 15.7 Å². The number of halogens is 3. The lowest BCUT2D eigenvalue weighted by Crippen LogP contribution is -2.16. The second-order valence-electron chi connectivity index (χ2n) is 7.94. The lowest BCUT2D eigenvalue weighted by molar-refractivity contribution is -0.143. The molecule has 0 saturated heterocycles. The summed E-state index contributed by atoms with van der Waals surface area (Å²) in [6.45, 7) is 4.11. The van der Waals surface area contributed by atoms with Crippen LogP contribution < -0.4 is 0 Å². The van der Waals surface area contributed by atoms with E-state index in [-0.39, 0.29) is 11.9 Å². The number of ether oxygens (including phenoxy) is 1. The number of alkyl halides is 3. The zero-order valence-electron chi connectivity index (χ0n) is 16.3. The zero-order valence-corrected chi connectivity index (χ0v) is 16.3. The van der Waals surface area contributed by atoms with Gasteiger partial charge in [-0.3, -0.25) is 4.79 Å². The van der Waals surface area contributed by atoms with Crippen molar-refractivity contribution >= 4 is 5.97 Å². The molecule has 0 amide bonds. The number of esters is 1. The quantitative estimate of drug-likeness (QED) is 0.523. The standard InChI is InChI=1S/C23H25F3O2/c1-14(2)10-21(22(27)28-3)19-12-17(15-4-5-15)11-18(13-19)16-6-8-20(9-7-16)23(24,25)26/h6-9,11-15,21H,4-5,10H2,1-3H3. The molecule has 1 aliphatic rings. The van der Waals surface area contributed by atoms with Gasteiger partial charge in [-0.25, -0.2) is 0 Å². The number of hydrogen-bond acceptors (Lipinski definition) is 2. The molecule has 1 unspecified atom stereocenters. The van der Waals surface area contributed by atoms with E-state index in [2.05, 4.69) is 19.9 Å². The summed E-state index contributed by atoms with van der Waals surface area (Å²) in [5.41, 5.74) is 2.91. The molecule has 1 atom stereocenters. The van der Waals surface area contributed by atoms with Gasteiger partial charge in [0.1, 0.15) is 0 Å². The third-order valence-corrected chi connectivity index (χ3v) is 5.17. The average Bonchev–Trinajstić information content (AvgIpc) is 3.49. The summed E-state index contributed by atoms with van der Waals surface area (Å²) in [5.74, 6) is 0.116. The van der Waals surface area contributed by atoms with Crippen molar-refractivity contribution in [1.29, 1.82) is 0 Å². The van der Waals surface area contributed by atoms with Crippen molar-refractivity contribution in [3.63, 3.8) is 0 Å². The molecule has 28 heavy (non-hydrogen) atoms. The molecule has 0 aromatic heterocycles. The lowest BCUT2D eigenvalue weighted by atomic mass is 9.86. The average molecular weight is 390 g/mol. The van der Waals surface area contributed by atoms with E-state index >= 15 is 0 Å². The molecular weight excluding hydrogens is 365 g/mol. The maximum atomic E-state index is 12.9. The van der Waals surface area contributed by atoms with Crippen LogP contribution in [-0.4, -0.2) is 13.1 Å². The molecule has 3 rings (SSSR count). The minimum Gasteiger partial charge on any atom is -0.469 e. The molecule has 2 nitrogen and oxygen atoms in total. The van der Waals surface area contributed by atoms with Crippen molar-refractivity contribution in [2.75, 3.05) is 7.11 Å². The van der Waals surface area contributed by atoms with Crippen LogP contribution in [0.1, 0.15) is 61.6 Å². The first-order valence-corrected chi connectivity index (χ1v) is 9.59. The Morgan fingerprint density at radius 3 is 2.21 bits per heavy atom. The highest BCUT2D eigenvalue weighted by atomic mass is 19.4. The Labute approximate surface area is 163 Å². The maximum absolute atomic E-state index is 12.9. The largest absolute Gasteiger partial charge is 0.469 e. The van der Waals surface area contributed by atoms with E-state index in [1.165, 1.54) is 19.2 Å². The number of rotatable bonds is 6. The molecule has 150 valence electrons. The number of methoxy groups -OCH3 is 1. The van der Waals surface area contributed by atoms with Crippen molar-refractivity contribution in [2.24, 2.45) is 5.92 Å². The minimum atomic E-state index is -4.35. The van der Waals surface area contributed by atoms with E-state index in [4.69, 9.17) is 4.74 Å². The van der Waals surface area contributed by atoms with Crippen molar-refractivity contribution < 1.29 is 22.7 Å². The lowest BCUT2D eigenvalue weighted by Gasteiger charge is -2.19. The SMILES string of the molecule is COC(=O)C(CC(C)C)c1cc(-c2ccc(C(F)(F)F)cc2)cc(C2CC2)c1.